The van der Waals surface area contributed by atoms with Crippen LogP contribution in [0, 0.1) is 16.0 Å². The average molecular weight is 295 g/mol. The van der Waals surface area contributed by atoms with Gasteiger partial charge >= 0.3 is 0 Å². The average Bonchev–Trinajstić information content (AvgIpc) is 2.44. The molecule has 1 unspecified atom stereocenters. The van der Waals surface area contributed by atoms with Gasteiger partial charge in [0.05, 0.1) is 11.5 Å². The summed E-state index contributed by atoms with van der Waals surface area (Å²) >= 11 is 0. The molecule has 0 fully saturated rings. The van der Waals surface area contributed by atoms with Crippen molar-refractivity contribution >= 4 is 17.3 Å². The predicted octanol–water partition coefficient (Wildman–Crippen LogP) is 1.99. The van der Waals surface area contributed by atoms with Crippen molar-refractivity contribution in [2.75, 3.05) is 39.7 Å². The molecule has 21 heavy (non-hydrogen) atoms. The Labute approximate surface area is 124 Å². The molecule has 0 radical (unpaired) electrons. The minimum atomic E-state index is -0.465. The second kappa shape index (κ2) is 7.58. The minimum absolute atomic E-state index is 0.0464. The van der Waals surface area contributed by atoms with Crippen LogP contribution in [0.1, 0.15) is 17.3 Å². The fraction of sp³-hybridized carbons (Fsp3) is 0.500. The van der Waals surface area contributed by atoms with E-state index in [1.807, 2.05) is 6.92 Å². The van der Waals surface area contributed by atoms with Crippen LogP contribution in [0.4, 0.5) is 11.4 Å². The van der Waals surface area contributed by atoms with Crippen molar-refractivity contribution < 1.29 is 14.5 Å². The molecule has 0 bridgehead atoms. The summed E-state index contributed by atoms with van der Waals surface area (Å²) in [6.45, 7) is 3.04. The number of carbonyl (C=O) groups is 1. The van der Waals surface area contributed by atoms with Crippen LogP contribution in [0.25, 0.3) is 0 Å². The van der Waals surface area contributed by atoms with E-state index in [2.05, 4.69) is 5.32 Å². The van der Waals surface area contributed by atoms with Crippen molar-refractivity contribution in [2.45, 2.75) is 6.92 Å². The van der Waals surface area contributed by atoms with E-state index in [4.69, 9.17) is 4.74 Å². The highest BCUT2D eigenvalue weighted by molar-refractivity contribution is 5.95. The maximum Gasteiger partial charge on any atom is 0.292 e. The quantitative estimate of drug-likeness (QED) is 0.614. The molecule has 1 aromatic carbocycles. The summed E-state index contributed by atoms with van der Waals surface area (Å²) in [6, 6.07) is 4.32. The molecule has 1 amide bonds. The topological polar surface area (TPSA) is 84.7 Å². The van der Waals surface area contributed by atoms with Crippen LogP contribution in [0.5, 0.6) is 0 Å². The zero-order valence-electron chi connectivity index (χ0n) is 12.8. The second-order valence-corrected chi connectivity index (χ2v) is 5.13. The third-order valence-corrected chi connectivity index (χ3v) is 2.94. The van der Waals surface area contributed by atoms with Crippen LogP contribution in [-0.2, 0) is 4.74 Å². The Bertz CT molecular complexity index is 517. The summed E-state index contributed by atoms with van der Waals surface area (Å²) in [4.78, 5) is 23.9. The van der Waals surface area contributed by atoms with Gasteiger partial charge in [0.2, 0.25) is 0 Å². The number of amides is 1. The molecule has 0 saturated heterocycles. The number of rotatable bonds is 7. The number of carbonyl (C=O) groups excluding carboxylic acids is 1. The van der Waals surface area contributed by atoms with Crippen molar-refractivity contribution in [3.8, 4) is 0 Å². The molecule has 1 N–H and O–H groups in total. The van der Waals surface area contributed by atoms with Crippen LogP contribution in [0.2, 0.25) is 0 Å². The van der Waals surface area contributed by atoms with Crippen molar-refractivity contribution in [1.29, 1.82) is 0 Å². The van der Waals surface area contributed by atoms with Gasteiger partial charge in [0.25, 0.3) is 11.6 Å². The first kappa shape index (κ1) is 16.9. The van der Waals surface area contributed by atoms with E-state index in [0.29, 0.717) is 24.4 Å². The number of nitro groups is 1. The van der Waals surface area contributed by atoms with Gasteiger partial charge < -0.3 is 15.0 Å². The Morgan fingerprint density at radius 1 is 1.48 bits per heavy atom. The van der Waals surface area contributed by atoms with E-state index in [-0.39, 0.29) is 17.5 Å². The predicted molar refractivity (Wildman–Crippen MR) is 80.6 cm³/mol. The van der Waals surface area contributed by atoms with Crippen LogP contribution in [-0.4, -0.2) is 50.1 Å². The van der Waals surface area contributed by atoms with Crippen molar-refractivity contribution in [3.63, 3.8) is 0 Å². The molecule has 0 heterocycles. The van der Waals surface area contributed by atoms with Crippen molar-refractivity contribution in [2.24, 2.45) is 5.92 Å². The second-order valence-electron chi connectivity index (χ2n) is 5.13. The molecule has 1 aromatic rings. The smallest absolute Gasteiger partial charge is 0.292 e. The third-order valence-electron chi connectivity index (χ3n) is 2.94. The van der Waals surface area contributed by atoms with Crippen molar-refractivity contribution in [3.05, 3.63) is 33.9 Å². The van der Waals surface area contributed by atoms with Crippen LogP contribution in [0.15, 0.2) is 18.2 Å². The summed E-state index contributed by atoms with van der Waals surface area (Å²) in [5, 5.41) is 14.1. The SMILES string of the molecule is COCC(C)CNc1cc(C(=O)N(C)C)ccc1[N+](=O)[O-]. The van der Waals surface area contributed by atoms with Gasteiger partial charge in [-0.2, -0.15) is 0 Å². The molecular formula is C14H21N3O4. The lowest BCUT2D eigenvalue weighted by Gasteiger charge is -2.15. The number of ether oxygens (including phenoxy) is 1. The third kappa shape index (κ3) is 4.71. The molecular weight excluding hydrogens is 274 g/mol. The van der Waals surface area contributed by atoms with Gasteiger partial charge in [0, 0.05) is 39.4 Å². The Balaban J connectivity index is 2.99. The lowest BCUT2D eigenvalue weighted by Crippen LogP contribution is -2.22. The van der Waals surface area contributed by atoms with Crippen LogP contribution >= 0.6 is 0 Å². The van der Waals surface area contributed by atoms with E-state index in [0.717, 1.165) is 0 Å². The first-order valence-electron chi connectivity index (χ1n) is 6.59. The minimum Gasteiger partial charge on any atom is -0.384 e. The zero-order valence-corrected chi connectivity index (χ0v) is 12.8. The lowest BCUT2D eigenvalue weighted by atomic mass is 10.1. The van der Waals surface area contributed by atoms with Gasteiger partial charge in [0.1, 0.15) is 5.69 Å². The molecule has 7 nitrogen and oxygen atoms in total. The van der Waals surface area contributed by atoms with E-state index in [1.165, 1.54) is 23.1 Å². The summed E-state index contributed by atoms with van der Waals surface area (Å²) in [5.74, 6) is 0.000647. The molecule has 1 rings (SSSR count). The van der Waals surface area contributed by atoms with Gasteiger partial charge in [-0.05, 0) is 18.1 Å². The van der Waals surface area contributed by atoms with Gasteiger partial charge in [0.15, 0.2) is 0 Å². The molecule has 1 atom stereocenters. The number of hydrogen-bond acceptors (Lipinski definition) is 5. The van der Waals surface area contributed by atoms with E-state index >= 15 is 0 Å². The largest absolute Gasteiger partial charge is 0.384 e. The molecule has 0 aliphatic heterocycles. The van der Waals surface area contributed by atoms with E-state index < -0.39 is 4.92 Å². The number of nitrogens with zero attached hydrogens (tertiary/aromatic N) is 2. The fourth-order valence-corrected chi connectivity index (χ4v) is 1.86. The normalized spacial score (nSPS) is 11.8. The number of methoxy groups -OCH3 is 1. The highest BCUT2D eigenvalue weighted by Crippen LogP contribution is 2.26. The molecule has 7 heteroatoms. The van der Waals surface area contributed by atoms with Crippen LogP contribution in [0.3, 0.4) is 0 Å². The maximum atomic E-state index is 11.9. The summed E-state index contributed by atoms with van der Waals surface area (Å²) in [7, 11) is 4.88. The highest BCUT2D eigenvalue weighted by Gasteiger charge is 2.18. The molecule has 116 valence electrons. The number of anilines is 1. The van der Waals surface area contributed by atoms with Crippen LogP contribution < -0.4 is 5.32 Å². The number of nitro benzene ring substituents is 1. The Hall–Kier alpha value is -2.15. The highest BCUT2D eigenvalue weighted by atomic mass is 16.6. The van der Waals surface area contributed by atoms with E-state index in [9.17, 15) is 14.9 Å². The first-order valence-corrected chi connectivity index (χ1v) is 6.59. The maximum absolute atomic E-state index is 11.9. The number of benzene rings is 1. The zero-order chi connectivity index (χ0) is 16.0. The molecule has 0 aliphatic rings. The lowest BCUT2D eigenvalue weighted by molar-refractivity contribution is -0.384. The Morgan fingerprint density at radius 3 is 2.67 bits per heavy atom. The molecule has 0 spiro atoms. The van der Waals surface area contributed by atoms with Gasteiger partial charge in [-0.1, -0.05) is 6.92 Å². The summed E-state index contributed by atoms with van der Waals surface area (Å²) in [6.07, 6.45) is 0. The Morgan fingerprint density at radius 2 is 2.14 bits per heavy atom. The van der Waals surface area contributed by atoms with Crippen molar-refractivity contribution in [1.82, 2.24) is 4.90 Å². The monoisotopic (exact) mass is 295 g/mol. The molecule has 0 aliphatic carbocycles. The number of hydrogen-bond donors (Lipinski definition) is 1. The van der Waals surface area contributed by atoms with Gasteiger partial charge in [-0.25, -0.2) is 0 Å². The standard InChI is InChI=1S/C14H21N3O4/c1-10(9-21-4)8-15-12-7-11(14(18)16(2)3)5-6-13(12)17(19)20/h5-7,10,15H,8-9H2,1-4H3. The Kier molecular flexibility index (Phi) is 6.10. The van der Waals surface area contributed by atoms with Gasteiger partial charge in [-0.3, -0.25) is 14.9 Å². The van der Waals surface area contributed by atoms with E-state index in [1.54, 1.807) is 21.2 Å². The fourth-order valence-electron chi connectivity index (χ4n) is 1.86. The molecule has 0 saturated carbocycles. The van der Waals surface area contributed by atoms with Gasteiger partial charge in [-0.15, -0.1) is 0 Å². The molecule has 0 aromatic heterocycles. The summed E-state index contributed by atoms with van der Waals surface area (Å²) < 4.78 is 5.03. The number of nitrogens with one attached hydrogen (secondary N) is 1. The summed E-state index contributed by atoms with van der Waals surface area (Å²) in [5.41, 5.74) is 0.707. The first-order chi connectivity index (χ1) is 9.86.